The van der Waals surface area contributed by atoms with Gasteiger partial charge < -0.3 is 10.5 Å². The van der Waals surface area contributed by atoms with Gasteiger partial charge in [0.05, 0.1) is 12.7 Å². The third-order valence-corrected chi connectivity index (χ3v) is 1.26. The number of hydrogen-bond donors (Lipinski definition) is 1. The van der Waals surface area contributed by atoms with Crippen molar-refractivity contribution in [3.63, 3.8) is 0 Å². The fraction of sp³-hybridized carbons (Fsp3) is 0.125. The van der Waals surface area contributed by atoms with E-state index in [9.17, 15) is 4.79 Å². The number of anilines is 1. The van der Waals surface area contributed by atoms with Crippen LogP contribution in [-0.2, 0) is 4.74 Å². The Bertz CT molecular complexity index is 253. The van der Waals surface area contributed by atoms with Gasteiger partial charge in [-0.3, -0.25) is 0 Å². The number of methoxy groups -OCH3 is 1. The summed E-state index contributed by atoms with van der Waals surface area (Å²) in [6.45, 7) is 0. The lowest BCUT2D eigenvalue weighted by Crippen LogP contribution is -2.00. The Morgan fingerprint density at radius 1 is 1.64 bits per heavy atom. The lowest BCUT2D eigenvalue weighted by Gasteiger charge is -1.97. The highest BCUT2D eigenvalue weighted by atomic mass is 16.5. The number of ether oxygens (including phenoxy) is 1. The number of nitrogen functional groups attached to an aromatic ring is 1. The SMILES string of the molecule is COC(=O)c1c[c]c(N)cc1. The van der Waals surface area contributed by atoms with E-state index in [-0.39, 0.29) is 5.97 Å². The van der Waals surface area contributed by atoms with Crippen molar-refractivity contribution in [3.05, 3.63) is 29.8 Å². The average Bonchev–Trinajstić information content (AvgIpc) is 2.05. The molecule has 1 rings (SSSR count). The van der Waals surface area contributed by atoms with Crippen LogP contribution in [0.4, 0.5) is 5.69 Å². The molecule has 2 N–H and O–H groups in total. The van der Waals surface area contributed by atoms with Crippen LogP contribution in [0, 0.1) is 6.07 Å². The summed E-state index contributed by atoms with van der Waals surface area (Å²) in [5, 5.41) is 0. The first-order valence-corrected chi connectivity index (χ1v) is 3.09. The molecule has 0 aliphatic rings. The zero-order valence-electron chi connectivity index (χ0n) is 6.13. The van der Waals surface area contributed by atoms with Gasteiger partial charge in [0.15, 0.2) is 0 Å². The lowest BCUT2D eigenvalue weighted by molar-refractivity contribution is 0.0601. The van der Waals surface area contributed by atoms with Gasteiger partial charge in [0.1, 0.15) is 0 Å². The van der Waals surface area contributed by atoms with Gasteiger partial charge in [0, 0.05) is 11.8 Å². The molecule has 0 atom stereocenters. The van der Waals surface area contributed by atoms with Crippen molar-refractivity contribution in [1.29, 1.82) is 0 Å². The molecular weight excluding hydrogens is 142 g/mol. The highest BCUT2D eigenvalue weighted by molar-refractivity contribution is 5.89. The van der Waals surface area contributed by atoms with Crippen molar-refractivity contribution in [2.24, 2.45) is 0 Å². The van der Waals surface area contributed by atoms with E-state index in [1.165, 1.54) is 13.2 Å². The summed E-state index contributed by atoms with van der Waals surface area (Å²) in [4.78, 5) is 10.8. The molecule has 3 nitrogen and oxygen atoms in total. The molecule has 0 aromatic heterocycles. The Balaban J connectivity index is 2.90. The zero-order chi connectivity index (χ0) is 8.27. The highest BCUT2D eigenvalue weighted by Gasteiger charge is 2.02. The summed E-state index contributed by atoms with van der Waals surface area (Å²) in [7, 11) is 1.33. The van der Waals surface area contributed by atoms with E-state index in [0.717, 1.165) is 0 Å². The third-order valence-electron chi connectivity index (χ3n) is 1.26. The van der Waals surface area contributed by atoms with Crippen molar-refractivity contribution < 1.29 is 9.53 Å². The molecule has 1 aromatic carbocycles. The van der Waals surface area contributed by atoms with E-state index in [2.05, 4.69) is 10.8 Å². The maximum atomic E-state index is 10.8. The summed E-state index contributed by atoms with van der Waals surface area (Å²) in [5.74, 6) is -0.374. The van der Waals surface area contributed by atoms with E-state index in [1.54, 1.807) is 12.1 Å². The fourth-order valence-electron chi connectivity index (χ4n) is 0.682. The first-order chi connectivity index (χ1) is 5.24. The molecule has 0 amide bonds. The predicted molar refractivity (Wildman–Crippen MR) is 41.0 cm³/mol. The van der Waals surface area contributed by atoms with Gasteiger partial charge in [-0.05, 0) is 18.2 Å². The van der Waals surface area contributed by atoms with Crippen LogP contribution in [0.3, 0.4) is 0 Å². The summed E-state index contributed by atoms with van der Waals surface area (Å²) in [6, 6.07) is 7.39. The predicted octanol–water partition coefficient (Wildman–Crippen LogP) is 0.856. The number of esters is 1. The quantitative estimate of drug-likeness (QED) is 0.477. The van der Waals surface area contributed by atoms with Crippen LogP contribution in [0.25, 0.3) is 0 Å². The molecule has 1 aromatic rings. The van der Waals surface area contributed by atoms with Crippen LogP contribution in [0.2, 0.25) is 0 Å². The molecule has 0 bridgehead atoms. The van der Waals surface area contributed by atoms with E-state index in [0.29, 0.717) is 11.3 Å². The van der Waals surface area contributed by atoms with Crippen molar-refractivity contribution in [2.75, 3.05) is 12.8 Å². The second-order valence-electron chi connectivity index (χ2n) is 2.02. The molecule has 0 fully saturated rings. The number of carbonyl (C=O) groups is 1. The first kappa shape index (κ1) is 7.60. The summed E-state index contributed by atoms with van der Waals surface area (Å²) >= 11 is 0. The van der Waals surface area contributed by atoms with Gasteiger partial charge >= 0.3 is 5.97 Å². The van der Waals surface area contributed by atoms with Crippen molar-refractivity contribution in [3.8, 4) is 0 Å². The second kappa shape index (κ2) is 3.05. The lowest BCUT2D eigenvalue weighted by atomic mass is 10.2. The minimum absolute atomic E-state index is 0.374. The van der Waals surface area contributed by atoms with Crippen LogP contribution in [0.1, 0.15) is 10.4 Å². The van der Waals surface area contributed by atoms with Crippen molar-refractivity contribution in [2.45, 2.75) is 0 Å². The smallest absolute Gasteiger partial charge is 0.337 e. The number of rotatable bonds is 1. The molecule has 0 unspecified atom stereocenters. The minimum atomic E-state index is -0.374. The molecule has 57 valence electrons. The van der Waals surface area contributed by atoms with Crippen molar-refractivity contribution >= 4 is 11.7 Å². The highest BCUT2D eigenvalue weighted by Crippen LogP contribution is 2.04. The maximum absolute atomic E-state index is 10.8. The van der Waals surface area contributed by atoms with E-state index in [1.807, 2.05) is 0 Å². The van der Waals surface area contributed by atoms with Crippen LogP contribution in [0.5, 0.6) is 0 Å². The zero-order valence-corrected chi connectivity index (χ0v) is 6.13. The largest absolute Gasteiger partial charge is 0.465 e. The Labute approximate surface area is 64.8 Å². The summed E-state index contributed by atoms with van der Waals surface area (Å²) < 4.78 is 4.48. The molecule has 0 saturated heterocycles. The van der Waals surface area contributed by atoms with Crippen LogP contribution < -0.4 is 5.73 Å². The monoisotopic (exact) mass is 150 g/mol. The van der Waals surface area contributed by atoms with Gasteiger partial charge in [-0.25, -0.2) is 4.79 Å². The van der Waals surface area contributed by atoms with E-state index >= 15 is 0 Å². The number of benzene rings is 1. The normalized spacial score (nSPS) is 9.18. The molecule has 1 radical (unpaired) electrons. The van der Waals surface area contributed by atoms with E-state index < -0.39 is 0 Å². The Morgan fingerprint density at radius 3 is 2.82 bits per heavy atom. The molecule has 0 aliphatic heterocycles. The third kappa shape index (κ3) is 1.70. The van der Waals surface area contributed by atoms with Gasteiger partial charge in [0.2, 0.25) is 0 Å². The minimum Gasteiger partial charge on any atom is -0.465 e. The molecule has 0 heterocycles. The van der Waals surface area contributed by atoms with Crippen LogP contribution in [0.15, 0.2) is 18.2 Å². The van der Waals surface area contributed by atoms with Crippen molar-refractivity contribution in [1.82, 2.24) is 0 Å². The Hall–Kier alpha value is -1.51. The standard InChI is InChI=1S/C8H8NO2/c1-11-8(10)6-2-4-7(9)5-3-6/h2-4H,9H2,1H3. The van der Waals surface area contributed by atoms with Gasteiger partial charge in [-0.1, -0.05) is 0 Å². The molecule has 11 heavy (non-hydrogen) atoms. The molecule has 0 saturated carbocycles. The van der Waals surface area contributed by atoms with Gasteiger partial charge in [0.25, 0.3) is 0 Å². The number of nitrogens with two attached hydrogens (primary N) is 1. The number of carbonyl (C=O) groups excluding carboxylic acids is 1. The fourth-order valence-corrected chi connectivity index (χ4v) is 0.682. The molecule has 3 heteroatoms. The van der Waals surface area contributed by atoms with Gasteiger partial charge in [-0.15, -0.1) is 0 Å². The first-order valence-electron chi connectivity index (χ1n) is 3.09. The van der Waals surface area contributed by atoms with Crippen LogP contribution in [-0.4, -0.2) is 13.1 Å². The average molecular weight is 150 g/mol. The van der Waals surface area contributed by atoms with Crippen LogP contribution >= 0.6 is 0 Å². The Morgan fingerprint density at radius 2 is 2.36 bits per heavy atom. The summed E-state index contributed by atoms with van der Waals surface area (Å²) in [5.41, 5.74) is 6.33. The topological polar surface area (TPSA) is 52.3 Å². The maximum Gasteiger partial charge on any atom is 0.337 e. The van der Waals surface area contributed by atoms with E-state index in [4.69, 9.17) is 5.73 Å². The second-order valence-corrected chi connectivity index (χ2v) is 2.02. The summed E-state index contributed by atoms with van der Waals surface area (Å²) in [6.07, 6.45) is 0. The molecule has 0 spiro atoms. The van der Waals surface area contributed by atoms with Gasteiger partial charge in [-0.2, -0.15) is 0 Å². The molecular formula is C8H8NO2. The Kier molecular flexibility index (Phi) is 2.11. The number of hydrogen-bond acceptors (Lipinski definition) is 3. The molecule has 0 aliphatic carbocycles.